The lowest BCUT2D eigenvalue weighted by Gasteiger charge is -2.12. The van der Waals surface area contributed by atoms with Gasteiger partial charge in [-0.15, -0.1) is 0 Å². The summed E-state index contributed by atoms with van der Waals surface area (Å²) in [4.78, 5) is 15.5. The number of methoxy groups -OCH3 is 2. The number of halogens is 4. The monoisotopic (exact) mass is 362 g/mol. The third-order valence-electron chi connectivity index (χ3n) is 2.95. The van der Waals surface area contributed by atoms with Crippen LogP contribution in [0.25, 0.3) is 11.3 Å². The highest BCUT2D eigenvalue weighted by molar-refractivity contribution is 6.35. The average molecular weight is 363 g/mol. The highest BCUT2D eigenvalue weighted by Crippen LogP contribution is 2.38. The molecule has 0 bridgehead atoms. The number of benzene rings is 1. The van der Waals surface area contributed by atoms with Crippen molar-refractivity contribution in [3.63, 3.8) is 0 Å². The van der Waals surface area contributed by atoms with Crippen LogP contribution in [0.1, 0.15) is 10.5 Å². The number of nitrogens with zero attached hydrogens (tertiary/aromatic N) is 1. The van der Waals surface area contributed by atoms with Gasteiger partial charge < -0.3 is 15.2 Å². The highest BCUT2D eigenvalue weighted by atomic mass is 35.5. The van der Waals surface area contributed by atoms with Crippen LogP contribution in [-0.4, -0.2) is 25.2 Å². The molecule has 0 unspecified atom stereocenters. The van der Waals surface area contributed by atoms with Gasteiger partial charge in [-0.2, -0.15) is 0 Å². The molecule has 0 saturated heterocycles. The summed E-state index contributed by atoms with van der Waals surface area (Å²) < 4.78 is 37.9. The number of esters is 1. The van der Waals surface area contributed by atoms with E-state index in [1.165, 1.54) is 7.11 Å². The van der Waals surface area contributed by atoms with Crippen molar-refractivity contribution in [2.75, 3.05) is 20.0 Å². The molecule has 1 heterocycles. The number of rotatable bonds is 3. The Kier molecular flexibility index (Phi) is 4.91. The Morgan fingerprint density at radius 1 is 1.26 bits per heavy atom. The van der Waals surface area contributed by atoms with Crippen LogP contribution in [0.4, 0.5) is 14.5 Å². The SMILES string of the molecule is COC(=O)c1nc(-c2c(F)cc(Cl)c(OC)c2F)cc(N)c1Cl. The van der Waals surface area contributed by atoms with Crippen molar-refractivity contribution in [3.05, 3.63) is 39.5 Å². The number of nitrogen functional groups attached to an aromatic ring is 1. The van der Waals surface area contributed by atoms with Crippen molar-refractivity contribution in [2.45, 2.75) is 0 Å². The first kappa shape index (κ1) is 17.2. The highest BCUT2D eigenvalue weighted by Gasteiger charge is 2.24. The van der Waals surface area contributed by atoms with E-state index in [2.05, 4.69) is 9.72 Å². The fraction of sp³-hybridized carbons (Fsp3) is 0.143. The minimum atomic E-state index is -1.08. The standard InChI is InChI=1S/C14H10Cl2F2N2O3/c1-22-13-5(15)3-6(17)9(11(13)18)8-4-7(19)10(16)12(20-8)14(21)23-2/h3-4H,1-2H3,(H2,19,20). The second-order valence-corrected chi connectivity index (χ2v) is 5.10. The van der Waals surface area contributed by atoms with Gasteiger partial charge in [0.15, 0.2) is 17.3 Å². The molecule has 0 amide bonds. The Labute approximate surface area is 139 Å². The van der Waals surface area contributed by atoms with Gasteiger partial charge in [-0.05, 0) is 12.1 Å². The predicted molar refractivity (Wildman–Crippen MR) is 81.9 cm³/mol. The summed E-state index contributed by atoms with van der Waals surface area (Å²) in [6.07, 6.45) is 0. The second kappa shape index (κ2) is 6.55. The predicted octanol–water partition coefficient (Wildman–Crippen LogP) is 3.71. The van der Waals surface area contributed by atoms with E-state index in [4.69, 9.17) is 33.7 Å². The number of nitrogens with two attached hydrogens (primary N) is 1. The maximum absolute atomic E-state index is 14.4. The van der Waals surface area contributed by atoms with Crippen LogP contribution in [0.2, 0.25) is 10.0 Å². The lowest BCUT2D eigenvalue weighted by Crippen LogP contribution is -2.09. The molecule has 122 valence electrons. The van der Waals surface area contributed by atoms with Crippen molar-refractivity contribution in [3.8, 4) is 17.0 Å². The molecule has 5 nitrogen and oxygen atoms in total. The van der Waals surface area contributed by atoms with Gasteiger partial charge in [0.25, 0.3) is 0 Å². The van der Waals surface area contributed by atoms with Gasteiger partial charge in [-0.25, -0.2) is 18.6 Å². The first-order valence-corrected chi connectivity index (χ1v) is 6.83. The van der Waals surface area contributed by atoms with Crippen LogP contribution in [0.5, 0.6) is 5.75 Å². The molecular formula is C14H10Cl2F2N2O3. The zero-order valence-corrected chi connectivity index (χ0v) is 13.4. The Bertz CT molecular complexity index is 800. The number of anilines is 1. The summed E-state index contributed by atoms with van der Waals surface area (Å²) in [5.74, 6) is -3.34. The Morgan fingerprint density at radius 3 is 2.48 bits per heavy atom. The van der Waals surface area contributed by atoms with Gasteiger partial charge in [-0.3, -0.25) is 0 Å². The average Bonchev–Trinajstić information content (AvgIpc) is 2.49. The topological polar surface area (TPSA) is 74.4 Å². The molecule has 0 fully saturated rings. The zero-order chi connectivity index (χ0) is 17.3. The number of carbonyl (C=O) groups excluding carboxylic acids is 1. The Balaban J connectivity index is 2.78. The molecule has 0 aliphatic carbocycles. The van der Waals surface area contributed by atoms with E-state index < -0.39 is 23.2 Å². The summed E-state index contributed by atoms with van der Waals surface area (Å²) >= 11 is 11.6. The van der Waals surface area contributed by atoms with Crippen LogP contribution in [0.3, 0.4) is 0 Å². The summed E-state index contributed by atoms with van der Waals surface area (Å²) in [6.45, 7) is 0. The largest absolute Gasteiger partial charge is 0.492 e. The molecule has 9 heteroatoms. The van der Waals surface area contributed by atoms with E-state index in [0.717, 1.165) is 19.2 Å². The van der Waals surface area contributed by atoms with E-state index in [1.54, 1.807) is 0 Å². The number of hydrogen-bond acceptors (Lipinski definition) is 5. The number of ether oxygens (including phenoxy) is 2. The summed E-state index contributed by atoms with van der Waals surface area (Å²) in [7, 11) is 2.28. The molecule has 23 heavy (non-hydrogen) atoms. The number of carbonyl (C=O) groups is 1. The molecule has 0 aliphatic rings. The van der Waals surface area contributed by atoms with E-state index in [-0.39, 0.29) is 32.9 Å². The van der Waals surface area contributed by atoms with Gasteiger partial charge in [0.2, 0.25) is 0 Å². The lowest BCUT2D eigenvalue weighted by atomic mass is 10.1. The second-order valence-electron chi connectivity index (χ2n) is 4.31. The Hall–Kier alpha value is -2.12. The molecule has 0 spiro atoms. The molecule has 2 N–H and O–H groups in total. The maximum Gasteiger partial charge on any atom is 0.358 e. The molecular weight excluding hydrogens is 353 g/mol. The van der Waals surface area contributed by atoms with E-state index >= 15 is 0 Å². The van der Waals surface area contributed by atoms with Gasteiger partial charge in [0.05, 0.1) is 41.2 Å². The normalized spacial score (nSPS) is 10.5. The first-order valence-electron chi connectivity index (χ1n) is 6.08. The first-order chi connectivity index (χ1) is 10.8. The molecule has 0 atom stereocenters. The van der Waals surface area contributed by atoms with Crippen LogP contribution >= 0.6 is 23.2 Å². The summed E-state index contributed by atoms with van der Waals surface area (Å²) in [5, 5.41) is -0.427. The van der Waals surface area contributed by atoms with Gasteiger partial charge >= 0.3 is 5.97 Å². The smallest absolute Gasteiger partial charge is 0.358 e. The number of pyridine rings is 1. The quantitative estimate of drug-likeness (QED) is 0.842. The fourth-order valence-corrected chi connectivity index (χ4v) is 2.33. The minimum Gasteiger partial charge on any atom is -0.492 e. The number of aromatic nitrogens is 1. The third-order valence-corrected chi connectivity index (χ3v) is 3.63. The van der Waals surface area contributed by atoms with E-state index in [1.807, 2.05) is 0 Å². The molecule has 0 aliphatic heterocycles. The maximum atomic E-state index is 14.4. The molecule has 1 aromatic carbocycles. The number of hydrogen-bond donors (Lipinski definition) is 1. The molecule has 2 rings (SSSR count). The van der Waals surface area contributed by atoms with Gasteiger partial charge in [0.1, 0.15) is 5.82 Å². The minimum absolute atomic E-state index is 0.0928. The van der Waals surface area contributed by atoms with Crippen LogP contribution < -0.4 is 10.5 Å². The van der Waals surface area contributed by atoms with E-state index in [9.17, 15) is 13.6 Å². The molecule has 1 aromatic heterocycles. The van der Waals surface area contributed by atoms with Crippen molar-refractivity contribution < 1.29 is 23.0 Å². The fourth-order valence-electron chi connectivity index (χ4n) is 1.90. The third kappa shape index (κ3) is 3.02. The lowest BCUT2D eigenvalue weighted by molar-refractivity contribution is 0.0594. The van der Waals surface area contributed by atoms with Crippen LogP contribution in [-0.2, 0) is 4.74 Å². The molecule has 0 saturated carbocycles. The molecule has 2 aromatic rings. The van der Waals surface area contributed by atoms with Crippen molar-refractivity contribution in [2.24, 2.45) is 0 Å². The van der Waals surface area contributed by atoms with Crippen LogP contribution in [0.15, 0.2) is 12.1 Å². The van der Waals surface area contributed by atoms with Crippen molar-refractivity contribution in [1.82, 2.24) is 4.98 Å². The van der Waals surface area contributed by atoms with Crippen molar-refractivity contribution >= 4 is 34.9 Å². The molecule has 0 radical (unpaired) electrons. The van der Waals surface area contributed by atoms with Crippen molar-refractivity contribution in [1.29, 1.82) is 0 Å². The van der Waals surface area contributed by atoms with Gasteiger partial charge in [-0.1, -0.05) is 23.2 Å². The van der Waals surface area contributed by atoms with Crippen LogP contribution in [0, 0.1) is 11.6 Å². The summed E-state index contributed by atoms with van der Waals surface area (Å²) in [6, 6.07) is 1.99. The summed E-state index contributed by atoms with van der Waals surface area (Å²) in [5.41, 5.74) is 4.40. The van der Waals surface area contributed by atoms with E-state index in [0.29, 0.717) is 0 Å². The Morgan fingerprint density at radius 2 is 1.91 bits per heavy atom. The zero-order valence-electron chi connectivity index (χ0n) is 11.9. The van der Waals surface area contributed by atoms with Gasteiger partial charge in [0, 0.05) is 0 Å².